The van der Waals surface area contributed by atoms with Gasteiger partial charge in [-0.25, -0.2) is 0 Å². The molecular formula is C17H15N5O. The summed E-state index contributed by atoms with van der Waals surface area (Å²) in [7, 11) is 0. The maximum atomic E-state index is 5.42. The quantitative estimate of drug-likeness (QED) is 0.568. The maximum Gasteiger partial charge on any atom is 0.258 e. The lowest BCUT2D eigenvalue weighted by atomic mass is 10.1. The largest absolute Gasteiger partial charge is 0.334 e. The average Bonchev–Trinajstić information content (AvgIpc) is 3.17. The van der Waals surface area contributed by atoms with Gasteiger partial charge in [0, 0.05) is 17.3 Å². The van der Waals surface area contributed by atoms with Crippen molar-refractivity contribution in [2.24, 2.45) is 0 Å². The summed E-state index contributed by atoms with van der Waals surface area (Å²) in [5.41, 5.74) is 5.02. The van der Waals surface area contributed by atoms with Gasteiger partial charge in [-0.15, -0.1) is 10.2 Å². The van der Waals surface area contributed by atoms with E-state index >= 15 is 0 Å². The molecule has 3 heterocycles. The van der Waals surface area contributed by atoms with Gasteiger partial charge in [0.1, 0.15) is 5.82 Å². The third kappa shape index (κ3) is 2.28. The van der Waals surface area contributed by atoms with E-state index in [1.807, 2.05) is 35.7 Å². The van der Waals surface area contributed by atoms with Crippen molar-refractivity contribution in [2.75, 3.05) is 0 Å². The lowest BCUT2D eigenvalue weighted by Crippen LogP contribution is -1.90. The van der Waals surface area contributed by atoms with E-state index in [-0.39, 0.29) is 0 Å². The van der Waals surface area contributed by atoms with Crippen molar-refractivity contribution in [1.82, 2.24) is 24.7 Å². The summed E-state index contributed by atoms with van der Waals surface area (Å²) in [5, 5.41) is 12.2. The first-order chi connectivity index (χ1) is 11.1. The molecule has 0 atom stereocenters. The van der Waals surface area contributed by atoms with Crippen molar-refractivity contribution in [1.29, 1.82) is 0 Å². The van der Waals surface area contributed by atoms with Gasteiger partial charge in [0.2, 0.25) is 5.82 Å². The van der Waals surface area contributed by atoms with Crippen LogP contribution in [0.3, 0.4) is 0 Å². The summed E-state index contributed by atoms with van der Waals surface area (Å²) >= 11 is 0. The second-order valence-corrected chi connectivity index (χ2v) is 5.62. The minimum absolute atomic E-state index is 0.517. The summed E-state index contributed by atoms with van der Waals surface area (Å²) in [6, 6.07) is 9.91. The molecule has 114 valence electrons. The first-order valence-electron chi connectivity index (χ1n) is 7.35. The molecule has 0 unspecified atom stereocenters. The zero-order chi connectivity index (χ0) is 16.0. The summed E-state index contributed by atoms with van der Waals surface area (Å²) in [6.07, 6.45) is 1.92. The third-order valence-electron chi connectivity index (χ3n) is 4.01. The number of pyridine rings is 1. The molecule has 0 saturated heterocycles. The fourth-order valence-electron chi connectivity index (χ4n) is 2.47. The number of rotatable bonds is 2. The number of fused-ring (bicyclic) bond motifs is 1. The highest BCUT2D eigenvalue weighted by atomic mass is 16.5. The first-order valence-corrected chi connectivity index (χ1v) is 7.35. The molecular weight excluding hydrogens is 290 g/mol. The van der Waals surface area contributed by atoms with E-state index in [0.717, 1.165) is 22.6 Å². The van der Waals surface area contributed by atoms with E-state index in [9.17, 15) is 0 Å². The fourth-order valence-corrected chi connectivity index (χ4v) is 2.47. The van der Waals surface area contributed by atoms with Crippen LogP contribution in [0.5, 0.6) is 0 Å². The van der Waals surface area contributed by atoms with Crippen molar-refractivity contribution in [3.8, 4) is 22.8 Å². The molecule has 0 aliphatic rings. The van der Waals surface area contributed by atoms with E-state index < -0.39 is 0 Å². The lowest BCUT2D eigenvalue weighted by Gasteiger charge is -2.00. The molecule has 0 saturated carbocycles. The molecule has 0 N–H and O–H groups in total. The molecule has 0 amide bonds. The Bertz CT molecular complexity index is 1010. The number of aryl methyl sites for hydroxylation is 3. The van der Waals surface area contributed by atoms with Crippen LogP contribution in [-0.4, -0.2) is 24.7 Å². The van der Waals surface area contributed by atoms with Crippen LogP contribution in [-0.2, 0) is 0 Å². The van der Waals surface area contributed by atoms with Crippen LogP contribution in [0.4, 0.5) is 0 Å². The molecule has 0 spiro atoms. The van der Waals surface area contributed by atoms with Crippen molar-refractivity contribution in [2.45, 2.75) is 20.8 Å². The fraction of sp³-hybridized carbons (Fsp3) is 0.176. The van der Waals surface area contributed by atoms with E-state index in [4.69, 9.17) is 4.52 Å². The van der Waals surface area contributed by atoms with E-state index in [1.165, 1.54) is 11.1 Å². The molecule has 0 fully saturated rings. The highest BCUT2D eigenvalue weighted by Crippen LogP contribution is 2.24. The molecule has 0 aliphatic carbocycles. The van der Waals surface area contributed by atoms with Crippen LogP contribution in [0, 0.1) is 20.8 Å². The molecule has 6 heteroatoms. The molecule has 0 bridgehead atoms. The second kappa shape index (κ2) is 5.01. The smallest absolute Gasteiger partial charge is 0.258 e. The Hall–Kier alpha value is -3.02. The Morgan fingerprint density at radius 3 is 2.57 bits per heavy atom. The van der Waals surface area contributed by atoms with Gasteiger partial charge in [0.15, 0.2) is 5.65 Å². The topological polar surface area (TPSA) is 69.1 Å². The van der Waals surface area contributed by atoms with E-state index in [2.05, 4.69) is 46.3 Å². The number of hydrogen-bond donors (Lipinski definition) is 0. The maximum absolute atomic E-state index is 5.42. The van der Waals surface area contributed by atoms with Crippen molar-refractivity contribution in [3.05, 3.63) is 53.5 Å². The highest BCUT2D eigenvalue weighted by Gasteiger charge is 2.12. The van der Waals surface area contributed by atoms with Gasteiger partial charge in [-0.05, 0) is 56.2 Å². The predicted octanol–water partition coefficient (Wildman–Crippen LogP) is 3.37. The van der Waals surface area contributed by atoms with Crippen molar-refractivity contribution < 1.29 is 4.52 Å². The first kappa shape index (κ1) is 13.6. The van der Waals surface area contributed by atoms with Gasteiger partial charge in [-0.3, -0.25) is 4.40 Å². The number of aromatic nitrogens is 5. The normalized spacial score (nSPS) is 11.3. The molecule has 0 radical (unpaired) electrons. The van der Waals surface area contributed by atoms with Crippen LogP contribution in [0.2, 0.25) is 0 Å². The summed E-state index contributed by atoms with van der Waals surface area (Å²) < 4.78 is 7.33. The van der Waals surface area contributed by atoms with Gasteiger partial charge < -0.3 is 4.52 Å². The summed E-state index contributed by atoms with van der Waals surface area (Å²) in [6.45, 7) is 6.05. The number of benzene rings is 1. The second-order valence-electron chi connectivity index (χ2n) is 5.62. The van der Waals surface area contributed by atoms with E-state index in [0.29, 0.717) is 11.7 Å². The Labute approximate surface area is 132 Å². The van der Waals surface area contributed by atoms with Gasteiger partial charge in [-0.2, -0.15) is 4.98 Å². The Kier molecular flexibility index (Phi) is 2.97. The van der Waals surface area contributed by atoms with Crippen LogP contribution in [0.1, 0.15) is 17.0 Å². The average molecular weight is 305 g/mol. The molecule has 23 heavy (non-hydrogen) atoms. The molecule has 4 rings (SSSR count). The lowest BCUT2D eigenvalue weighted by molar-refractivity contribution is 0.432. The van der Waals surface area contributed by atoms with Gasteiger partial charge in [-0.1, -0.05) is 11.2 Å². The van der Waals surface area contributed by atoms with Crippen molar-refractivity contribution >= 4 is 5.65 Å². The van der Waals surface area contributed by atoms with Gasteiger partial charge in [0.25, 0.3) is 5.89 Å². The van der Waals surface area contributed by atoms with E-state index in [1.54, 1.807) is 0 Å². The predicted molar refractivity (Wildman–Crippen MR) is 85.9 cm³/mol. The Balaban J connectivity index is 1.76. The van der Waals surface area contributed by atoms with Crippen molar-refractivity contribution in [3.63, 3.8) is 0 Å². The Morgan fingerprint density at radius 1 is 0.913 bits per heavy atom. The van der Waals surface area contributed by atoms with Crippen LogP contribution < -0.4 is 0 Å². The zero-order valence-electron chi connectivity index (χ0n) is 13.1. The monoisotopic (exact) mass is 305 g/mol. The molecule has 6 nitrogen and oxygen atoms in total. The van der Waals surface area contributed by atoms with Gasteiger partial charge >= 0.3 is 0 Å². The number of hydrogen-bond acceptors (Lipinski definition) is 5. The minimum atomic E-state index is 0.517. The minimum Gasteiger partial charge on any atom is -0.334 e. The highest BCUT2D eigenvalue weighted by molar-refractivity contribution is 5.61. The molecule has 1 aromatic carbocycles. The SMILES string of the molecule is Cc1ccc(-c2nc(-c3ccc4nnc(C)n4c3)no2)cc1C. The van der Waals surface area contributed by atoms with Crippen LogP contribution >= 0.6 is 0 Å². The molecule has 0 aliphatic heterocycles. The molecule has 3 aromatic heterocycles. The Morgan fingerprint density at radius 2 is 1.74 bits per heavy atom. The third-order valence-corrected chi connectivity index (χ3v) is 4.01. The summed E-state index contributed by atoms with van der Waals surface area (Å²) in [4.78, 5) is 4.51. The standard InChI is InChI=1S/C17H15N5O/c1-10-4-5-13(8-11(10)2)17-18-16(21-23-17)14-6-7-15-20-19-12(3)22(15)9-14/h4-9H,1-3H3. The van der Waals surface area contributed by atoms with Crippen LogP contribution in [0.25, 0.3) is 28.5 Å². The van der Waals surface area contributed by atoms with Crippen LogP contribution in [0.15, 0.2) is 41.1 Å². The van der Waals surface area contributed by atoms with Gasteiger partial charge in [0.05, 0.1) is 0 Å². The molecule has 4 aromatic rings. The summed E-state index contributed by atoms with van der Waals surface area (Å²) in [5.74, 6) is 1.89. The number of nitrogens with zero attached hydrogens (tertiary/aromatic N) is 5. The zero-order valence-corrected chi connectivity index (χ0v) is 13.1.